The Balaban J connectivity index is 1.58. The van der Waals surface area contributed by atoms with Crippen LogP contribution in [0.1, 0.15) is 85.0 Å². The molecule has 0 saturated heterocycles. The number of hydrogen-bond donors (Lipinski definition) is 0. The molecule has 0 radical (unpaired) electrons. The van der Waals surface area contributed by atoms with Gasteiger partial charge >= 0.3 is 5.97 Å². The second-order valence-corrected chi connectivity index (χ2v) is 11.9. The first-order valence-corrected chi connectivity index (χ1v) is 12.9. The second kappa shape index (κ2) is 9.37. The van der Waals surface area contributed by atoms with Gasteiger partial charge in [0, 0.05) is 26.4 Å². The molecule has 32 heavy (non-hydrogen) atoms. The normalized spacial score (nSPS) is 44.3. The van der Waals surface area contributed by atoms with Crippen molar-refractivity contribution < 1.29 is 23.8 Å². The molecule has 4 saturated carbocycles. The summed E-state index contributed by atoms with van der Waals surface area (Å²) in [6, 6.07) is 0. The third-order valence-electron chi connectivity index (χ3n) is 10.7. The molecule has 4 rings (SSSR count). The van der Waals surface area contributed by atoms with E-state index in [4.69, 9.17) is 14.2 Å². The maximum absolute atomic E-state index is 12.3. The molecule has 0 bridgehead atoms. The van der Waals surface area contributed by atoms with Crippen molar-refractivity contribution in [1.29, 1.82) is 0 Å². The van der Waals surface area contributed by atoms with Crippen LogP contribution in [0.4, 0.5) is 0 Å². The maximum Gasteiger partial charge on any atom is 0.305 e. The van der Waals surface area contributed by atoms with Crippen molar-refractivity contribution in [2.75, 3.05) is 21.0 Å². The Hall–Kier alpha value is -0.940. The number of ether oxygens (including phenoxy) is 3. The number of rotatable bonds is 7. The Bertz CT molecular complexity index is 706. The van der Waals surface area contributed by atoms with E-state index in [1.165, 1.54) is 32.8 Å². The molecule has 0 spiro atoms. The smallest absolute Gasteiger partial charge is 0.305 e. The van der Waals surface area contributed by atoms with Crippen LogP contribution >= 0.6 is 0 Å². The molecule has 5 heteroatoms. The number of ketones is 1. The van der Waals surface area contributed by atoms with Crippen molar-refractivity contribution in [1.82, 2.24) is 0 Å². The van der Waals surface area contributed by atoms with Gasteiger partial charge in [-0.05, 0) is 91.3 Å². The van der Waals surface area contributed by atoms with Crippen LogP contribution < -0.4 is 0 Å². The first-order chi connectivity index (χ1) is 15.2. The zero-order chi connectivity index (χ0) is 23.1. The zero-order valence-electron chi connectivity index (χ0n) is 20.9. The number of methoxy groups -OCH3 is 2. The van der Waals surface area contributed by atoms with Gasteiger partial charge in [-0.15, -0.1) is 0 Å². The van der Waals surface area contributed by atoms with Gasteiger partial charge in [0.15, 0.2) is 0 Å². The zero-order valence-corrected chi connectivity index (χ0v) is 20.9. The standard InChI is InChI=1S/C27H44O5/c1-17(6-9-24(29)31-5)20-7-8-21-25-22(11-13-27(20,21)3)26(2)12-10-19(28)14-18(26)15-23(25)32-16-30-4/h17-18,20-23,25H,6-16H2,1-5H3. The van der Waals surface area contributed by atoms with Gasteiger partial charge in [0.25, 0.3) is 0 Å². The molecule has 9 atom stereocenters. The van der Waals surface area contributed by atoms with Gasteiger partial charge in [-0.1, -0.05) is 20.8 Å². The first kappa shape index (κ1) is 24.2. The summed E-state index contributed by atoms with van der Waals surface area (Å²) >= 11 is 0. The van der Waals surface area contributed by atoms with Crippen LogP contribution in [0, 0.1) is 46.3 Å². The van der Waals surface area contributed by atoms with Gasteiger partial charge in [0.2, 0.25) is 0 Å². The van der Waals surface area contributed by atoms with E-state index in [2.05, 4.69) is 20.8 Å². The molecule has 9 unspecified atom stereocenters. The van der Waals surface area contributed by atoms with Gasteiger partial charge < -0.3 is 14.2 Å². The molecule has 0 aromatic carbocycles. The topological polar surface area (TPSA) is 61.8 Å². The van der Waals surface area contributed by atoms with Gasteiger partial charge in [0.05, 0.1) is 13.2 Å². The first-order valence-electron chi connectivity index (χ1n) is 12.9. The highest BCUT2D eigenvalue weighted by Crippen LogP contribution is 2.68. The van der Waals surface area contributed by atoms with Crippen molar-refractivity contribution >= 4 is 11.8 Å². The third kappa shape index (κ3) is 4.06. The van der Waals surface area contributed by atoms with Crippen LogP contribution in [0.2, 0.25) is 0 Å². The van der Waals surface area contributed by atoms with Gasteiger partial charge in [-0.2, -0.15) is 0 Å². The molecular formula is C27H44O5. The molecule has 0 aromatic heterocycles. The summed E-state index contributed by atoms with van der Waals surface area (Å²) in [6.45, 7) is 7.71. The summed E-state index contributed by atoms with van der Waals surface area (Å²) in [5.41, 5.74) is 0.570. The fourth-order valence-electron chi connectivity index (χ4n) is 8.94. The molecular weight excluding hydrogens is 404 g/mol. The number of esters is 1. The lowest BCUT2D eigenvalue weighted by Gasteiger charge is -2.62. The number of carbonyl (C=O) groups excluding carboxylic acids is 2. The van der Waals surface area contributed by atoms with E-state index >= 15 is 0 Å². The van der Waals surface area contributed by atoms with Crippen LogP contribution in [-0.4, -0.2) is 38.9 Å². The lowest BCUT2D eigenvalue weighted by Crippen LogP contribution is -2.59. The molecule has 4 aliphatic carbocycles. The fraction of sp³-hybridized carbons (Fsp3) is 0.926. The Kier molecular flexibility index (Phi) is 7.08. The van der Waals surface area contributed by atoms with Crippen LogP contribution in [0.3, 0.4) is 0 Å². The van der Waals surface area contributed by atoms with Crippen molar-refractivity contribution in [2.24, 2.45) is 46.3 Å². The molecule has 0 N–H and O–H groups in total. The predicted molar refractivity (Wildman–Crippen MR) is 123 cm³/mol. The van der Waals surface area contributed by atoms with Crippen molar-refractivity contribution in [2.45, 2.75) is 91.1 Å². The van der Waals surface area contributed by atoms with Crippen LogP contribution in [0.25, 0.3) is 0 Å². The molecule has 4 aliphatic rings. The summed E-state index contributed by atoms with van der Waals surface area (Å²) in [4.78, 5) is 24.1. The molecule has 0 aliphatic heterocycles. The van der Waals surface area contributed by atoms with Crippen molar-refractivity contribution in [3.8, 4) is 0 Å². The van der Waals surface area contributed by atoms with Crippen LogP contribution in [0.15, 0.2) is 0 Å². The Morgan fingerprint density at radius 1 is 1.09 bits per heavy atom. The van der Waals surface area contributed by atoms with E-state index in [-0.39, 0.29) is 17.5 Å². The number of fused-ring (bicyclic) bond motifs is 5. The van der Waals surface area contributed by atoms with E-state index in [0.29, 0.717) is 59.9 Å². The molecule has 182 valence electrons. The minimum absolute atomic E-state index is 0.0913. The number of carbonyl (C=O) groups is 2. The summed E-state index contributed by atoms with van der Waals surface area (Å²) in [5.74, 6) is 3.83. The molecule has 0 amide bonds. The third-order valence-corrected chi connectivity index (χ3v) is 10.7. The van der Waals surface area contributed by atoms with E-state index in [9.17, 15) is 9.59 Å². The van der Waals surface area contributed by atoms with E-state index < -0.39 is 0 Å². The SMILES string of the molecule is COCOC1CC2CC(=O)CCC2(C)C2CCC3(C)C(C(C)CCC(=O)OC)CCC3C12. The molecule has 4 fully saturated rings. The van der Waals surface area contributed by atoms with Crippen LogP contribution in [-0.2, 0) is 23.8 Å². The average molecular weight is 449 g/mol. The lowest BCUT2D eigenvalue weighted by atomic mass is 9.43. The summed E-state index contributed by atoms with van der Waals surface area (Å²) in [7, 11) is 3.19. The Labute approximate surface area is 194 Å². The minimum Gasteiger partial charge on any atom is -0.469 e. The predicted octanol–water partition coefficient (Wildman–Crippen LogP) is 5.40. The molecule has 0 heterocycles. The van der Waals surface area contributed by atoms with Crippen LogP contribution in [0.5, 0.6) is 0 Å². The summed E-state index contributed by atoms with van der Waals surface area (Å²) < 4.78 is 16.6. The van der Waals surface area contributed by atoms with Gasteiger partial charge in [0.1, 0.15) is 12.6 Å². The van der Waals surface area contributed by atoms with Gasteiger partial charge in [-0.25, -0.2) is 0 Å². The number of Topliss-reactive ketones (excluding diaryl/α,β-unsaturated/α-hetero) is 1. The monoisotopic (exact) mass is 448 g/mol. The van der Waals surface area contributed by atoms with Crippen molar-refractivity contribution in [3.63, 3.8) is 0 Å². The summed E-state index contributed by atoms with van der Waals surface area (Å²) in [6.07, 6.45) is 10.2. The number of hydrogen-bond acceptors (Lipinski definition) is 5. The Morgan fingerprint density at radius 2 is 1.84 bits per heavy atom. The highest BCUT2D eigenvalue weighted by atomic mass is 16.7. The highest BCUT2D eigenvalue weighted by molar-refractivity contribution is 5.79. The lowest BCUT2D eigenvalue weighted by molar-refractivity contribution is -0.201. The van der Waals surface area contributed by atoms with E-state index in [0.717, 1.165) is 32.1 Å². The highest BCUT2D eigenvalue weighted by Gasteiger charge is 2.63. The Morgan fingerprint density at radius 3 is 2.56 bits per heavy atom. The van der Waals surface area contributed by atoms with Crippen molar-refractivity contribution in [3.05, 3.63) is 0 Å². The second-order valence-electron chi connectivity index (χ2n) is 11.9. The van der Waals surface area contributed by atoms with E-state index in [1.54, 1.807) is 7.11 Å². The maximum atomic E-state index is 12.3. The van der Waals surface area contributed by atoms with Gasteiger partial charge in [-0.3, -0.25) is 9.59 Å². The minimum atomic E-state index is -0.0913. The molecule has 0 aromatic rings. The molecule has 5 nitrogen and oxygen atoms in total. The average Bonchev–Trinajstić information content (AvgIpc) is 3.13. The largest absolute Gasteiger partial charge is 0.469 e. The summed E-state index contributed by atoms with van der Waals surface area (Å²) in [5, 5.41) is 0. The fourth-order valence-corrected chi connectivity index (χ4v) is 8.94. The van der Waals surface area contributed by atoms with E-state index in [1.807, 2.05) is 0 Å². The quantitative estimate of drug-likeness (QED) is 0.385.